The van der Waals surface area contributed by atoms with Crippen LogP contribution in [-0.2, 0) is 21.7 Å². The summed E-state index contributed by atoms with van der Waals surface area (Å²) in [5, 5.41) is 9.67. The van der Waals surface area contributed by atoms with Gasteiger partial charge in [-0.05, 0) is 193 Å². The fourth-order valence-electron chi connectivity index (χ4n) is 19.1. The van der Waals surface area contributed by atoms with Crippen molar-refractivity contribution in [1.29, 1.82) is 0 Å². The van der Waals surface area contributed by atoms with Gasteiger partial charge in [0.05, 0.1) is 22.2 Å². The predicted octanol–water partition coefficient (Wildman–Crippen LogP) is 25.2. The van der Waals surface area contributed by atoms with Gasteiger partial charge >= 0.3 is 0 Å². The van der Waals surface area contributed by atoms with Crippen molar-refractivity contribution in [3.63, 3.8) is 0 Å². The molecule has 0 fully saturated rings. The van der Waals surface area contributed by atoms with Gasteiger partial charge in [-0.25, -0.2) is 0 Å². The van der Waals surface area contributed by atoms with E-state index in [0.717, 1.165) is 34.1 Å². The van der Waals surface area contributed by atoms with Crippen molar-refractivity contribution in [2.24, 2.45) is 0 Å². The SMILES string of the molecule is CC1(C)c2ccccc2-c2ccc(N(c3ccccc3)c3cc4c(c5ccccc35)-c3c(ccc5ccccc35)C4(c3ccccc3)C3(c4ccccc4)c4ccc5ccccc5c4-c4c3cc(N(c3ccccc3)c3ccc5c(c3)C(C)(C)c3ccccc3-5)c3ccccc43)cc21. The van der Waals surface area contributed by atoms with Crippen LogP contribution in [0.5, 0.6) is 0 Å². The lowest BCUT2D eigenvalue weighted by Gasteiger charge is -2.51. The predicted molar refractivity (Wildman–Crippen MR) is 411 cm³/mol. The number of hydrogen-bond acceptors (Lipinski definition) is 2. The third-order valence-corrected chi connectivity index (χ3v) is 23.2. The van der Waals surface area contributed by atoms with Crippen LogP contribution in [0.2, 0.25) is 0 Å². The molecule has 0 aromatic heterocycles. The van der Waals surface area contributed by atoms with Crippen molar-refractivity contribution in [3.8, 4) is 44.5 Å². The van der Waals surface area contributed by atoms with E-state index in [-0.39, 0.29) is 10.8 Å². The molecule has 16 aromatic rings. The average Bonchev–Trinajstić information content (AvgIpc) is 1.46. The first-order chi connectivity index (χ1) is 48.2. The van der Waals surface area contributed by atoms with E-state index in [2.05, 4.69) is 377 Å². The molecule has 0 saturated heterocycles. The van der Waals surface area contributed by atoms with E-state index < -0.39 is 10.8 Å². The van der Waals surface area contributed by atoms with E-state index in [9.17, 15) is 0 Å². The molecule has 2 atom stereocenters. The second kappa shape index (κ2) is 20.8. The van der Waals surface area contributed by atoms with Crippen molar-refractivity contribution in [3.05, 3.63) is 395 Å². The molecule has 0 heterocycles. The van der Waals surface area contributed by atoms with Crippen LogP contribution >= 0.6 is 0 Å². The molecule has 2 nitrogen and oxygen atoms in total. The number of anilines is 6. The first-order valence-corrected chi connectivity index (χ1v) is 34.7. The van der Waals surface area contributed by atoms with Crippen LogP contribution in [0.1, 0.15) is 83.3 Å². The summed E-state index contributed by atoms with van der Waals surface area (Å²) >= 11 is 0. The Balaban J connectivity index is 0.980. The van der Waals surface area contributed by atoms with Crippen molar-refractivity contribution < 1.29 is 0 Å². The van der Waals surface area contributed by atoms with Gasteiger partial charge in [0.15, 0.2) is 0 Å². The molecule has 2 heteroatoms. The summed E-state index contributed by atoms with van der Waals surface area (Å²) in [6.45, 7) is 9.60. The molecule has 462 valence electrons. The van der Waals surface area contributed by atoms with Gasteiger partial charge in [-0.3, -0.25) is 0 Å². The highest BCUT2D eigenvalue weighted by atomic mass is 15.2. The van der Waals surface area contributed by atoms with Crippen LogP contribution in [0.15, 0.2) is 340 Å². The van der Waals surface area contributed by atoms with Gasteiger partial charge in [-0.15, -0.1) is 0 Å². The summed E-state index contributed by atoms with van der Waals surface area (Å²) in [5.74, 6) is 0. The van der Waals surface area contributed by atoms with Crippen LogP contribution in [0.4, 0.5) is 34.1 Å². The van der Waals surface area contributed by atoms with Gasteiger partial charge in [0.25, 0.3) is 0 Å². The zero-order valence-corrected chi connectivity index (χ0v) is 55.2. The third-order valence-electron chi connectivity index (χ3n) is 23.2. The monoisotopic (exact) mass is 1250 g/mol. The fourth-order valence-corrected chi connectivity index (χ4v) is 19.1. The molecule has 0 bridgehead atoms. The number of hydrogen-bond donors (Lipinski definition) is 0. The quantitative estimate of drug-likeness (QED) is 0.142. The Morgan fingerprint density at radius 1 is 0.204 bits per heavy atom. The minimum Gasteiger partial charge on any atom is -0.310 e. The summed E-state index contributed by atoms with van der Waals surface area (Å²) < 4.78 is 0. The summed E-state index contributed by atoms with van der Waals surface area (Å²) in [6, 6.07) is 131. The van der Waals surface area contributed by atoms with E-state index in [0.29, 0.717) is 0 Å². The van der Waals surface area contributed by atoms with E-state index in [1.165, 1.54) is 143 Å². The van der Waals surface area contributed by atoms with Crippen LogP contribution < -0.4 is 9.80 Å². The van der Waals surface area contributed by atoms with E-state index in [4.69, 9.17) is 0 Å². The van der Waals surface area contributed by atoms with E-state index >= 15 is 0 Å². The maximum Gasteiger partial charge on any atom is 0.0642 e. The Labute approximate surface area is 572 Å². The van der Waals surface area contributed by atoms with Crippen LogP contribution in [0.25, 0.3) is 87.6 Å². The molecule has 0 radical (unpaired) electrons. The topological polar surface area (TPSA) is 6.48 Å². The zero-order chi connectivity index (χ0) is 65.2. The molecule has 0 amide bonds. The number of benzene rings is 16. The zero-order valence-electron chi connectivity index (χ0n) is 55.2. The van der Waals surface area contributed by atoms with Crippen molar-refractivity contribution in [2.75, 3.05) is 9.80 Å². The first-order valence-electron chi connectivity index (χ1n) is 34.7. The highest BCUT2D eigenvalue weighted by molar-refractivity contribution is 6.20. The number of para-hydroxylation sites is 2. The largest absolute Gasteiger partial charge is 0.310 e. The summed E-state index contributed by atoms with van der Waals surface area (Å²) in [5.41, 5.74) is 27.3. The van der Waals surface area contributed by atoms with Crippen molar-refractivity contribution >= 4 is 77.2 Å². The smallest absolute Gasteiger partial charge is 0.0642 e. The van der Waals surface area contributed by atoms with E-state index in [1.807, 2.05) is 0 Å². The molecule has 98 heavy (non-hydrogen) atoms. The second-order valence-corrected chi connectivity index (χ2v) is 28.5. The first kappa shape index (κ1) is 56.5. The van der Waals surface area contributed by atoms with E-state index in [1.54, 1.807) is 0 Å². The summed E-state index contributed by atoms with van der Waals surface area (Å²) in [7, 11) is 0. The summed E-state index contributed by atoms with van der Waals surface area (Å²) in [6.07, 6.45) is 0. The maximum atomic E-state index is 2.67. The van der Waals surface area contributed by atoms with Crippen molar-refractivity contribution in [1.82, 2.24) is 0 Å². The summed E-state index contributed by atoms with van der Waals surface area (Å²) in [4.78, 5) is 5.16. The molecule has 16 aromatic carbocycles. The molecule has 20 rings (SSSR count). The normalized spacial score (nSPS) is 16.8. The molecular formula is C96H68N2. The minimum atomic E-state index is -1.02. The third kappa shape index (κ3) is 7.47. The molecule has 0 aliphatic heterocycles. The minimum absolute atomic E-state index is 0.229. The Hall–Kier alpha value is -11.8. The highest BCUT2D eigenvalue weighted by Crippen LogP contribution is 2.73. The molecule has 0 saturated carbocycles. The fraction of sp³-hybridized carbons (Fsp3) is 0.0833. The molecular weight excluding hydrogens is 1180 g/mol. The van der Waals surface area contributed by atoms with Gasteiger partial charge in [0.2, 0.25) is 0 Å². The molecule has 2 unspecified atom stereocenters. The van der Waals surface area contributed by atoms with Gasteiger partial charge in [0.1, 0.15) is 0 Å². The van der Waals surface area contributed by atoms with Crippen LogP contribution in [0, 0.1) is 0 Å². The van der Waals surface area contributed by atoms with Gasteiger partial charge in [-0.2, -0.15) is 0 Å². The van der Waals surface area contributed by atoms with Crippen LogP contribution in [0.3, 0.4) is 0 Å². The van der Waals surface area contributed by atoms with Crippen LogP contribution in [-0.4, -0.2) is 0 Å². The molecule has 4 aliphatic carbocycles. The number of rotatable bonds is 9. The lowest BCUT2D eigenvalue weighted by atomic mass is 9.49. The Kier molecular flexibility index (Phi) is 12.0. The van der Waals surface area contributed by atoms with Gasteiger partial charge < -0.3 is 9.80 Å². The number of fused-ring (bicyclic) bond motifs is 20. The van der Waals surface area contributed by atoms with Crippen molar-refractivity contribution in [2.45, 2.75) is 49.4 Å². The van der Waals surface area contributed by atoms with Gasteiger partial charge in [0, 0.05) is 44.4 Å². The lowest BCUT2D eigenvalue weighted by Crippen LogP contribution is -2.50. The van der Waals surface area contributed by atoms with Gasteiger partial charge in [-0.1, -0.05) is 307 Å². The molecule has 4 aliphatic rings. The maximum absolute atomic E-state index is 2.67. The Morgan fingerprint density at radius 3 is 0.929 bits per heavy atom. The standard InChI is InChI=1S/C96H68N2/c1-93(2)79-47-27-25-41-71(79)73-53-51-67(57-83(73)93)97(65-35-13-7-14-36-65)87-59-85-91(77-45-23-21-43-75(77)87)89-69-39-19-17-29-61(69)49-55-81(89)95(85,63-31-9-5-10-32-63)96(64-33-11-6-12-34-64)82-56-50-62-30-18-20-40-70(62)90(82)92-78-46-24-22-44-76(78)88(60-86(92)96)98(66-37-15-8-16-38-66)68-52-54-74-72-42-26-28-48-80(72)94(3,4)84(74)58-68/h5-60H,1-4H3. The molecule has 0 spiro atoms. The molecule has 0 N–H and O–H groups in total. The highest BCUT2D eigenvalue weighted by Gasteiger charge is 2.65. The number of nitrogens with zero attached hydrogens (tertiary/aromatic N) is 2. The lowest BCUT2D eigenvalue weighted by molar-refractivity contribution is 0.438. The Bertz CT molecular complexity index is 5630. The average molecular weight is 1250 g/mol. The second-order valence-electron chi connectivity index (χ2n) is 28.5. The Morgan fingerprint density at radius 2 is 0.520 bits per heavy atom.